The highest BCUT2D eigenvalue weighted by Gasteiger charge is 2.28. The lowest BCUT2D eigenvalue weighted by Crippen LogP contribution is -2.22. The van der Waals surface area contributed by atoms with Crippen molar-refractivity contribution in [2.45, 2.75) is 50.1 Å². The molecule has 22 heavy (non-hydrogen) atoms. The number of thioether (sulfide) groups is 1. The summed E-state index contributed by atoms with van der Waals surface area (Å²) >= 11 is 1.79. The number of nitrogens with zero attached hydrogens (tertiary/aromatic N) is 2. The lowest BCUT2D eigenvalue weighted by Gasteiger charge is -2.22. The molecule has 3 rings (SSSR count). The van der Waals surface area contributed by atoms with Crippen molar-refractivity contribution in [2.75, 3.05) is 12.8 Å². The highest BCUT2D eigenvalue weighted by Crippen LogP contribution is 2.33. The molecule has 3 nitrogen and oxygen atoms in total. The maximum atomic E-state index is 5.47. The molecule has 2 aromatic rings. The van der Waals surface area contributed by atoms with Gasteiger partial charge in [-0.25, -0.2) is 0 Å². The van der Waals surface area contributed by atoms with Crippen LogP contribution < -0.4 is 0 Å². The van der Waals surface area contributed by atoms with E-state index in [2.05, 4.69) is 53.6 Å². The van der Waals surface area contributed by atoms with Crippen molar-refractivity contribution in [3.8, 4) is 0 Å². The first-order chi connectivity index (χ1) is 10.8. The minimum absolute atomic E-state index is 0.412. The molecule has 2 heterocycles. The lowest BCUT2D eigenvalue weighted by atomic mass is 10.1. The van der Waals surface area contributed by atoms with E-state index in [4.69, 9.17) is 4.52 Å². The van der Waals surface area contributed by atoms with Gasteiger partial charge in [-0.05, 0) is 49.8 Å². The molecule has 1 fully saturated rings. The van der Waals surface area contributed by atoms with Crippen molar-refractivity contribution in [1.29, 1.82) is 0 Å². The molecule has 1 aliphatic rings. The molecule has 0 amide bonds. The summed E-state index contributed by atoms with van der Waals surface area (Å²) in [5.74, 6) is 1.02. The Morgan fingerprint density at radius 1 is 1.32 bits per heavy atom. The van der Waals surface area contributed by atoms with Gasteiger partial charge in [0.25, 0.3) is 0 Å². The molecule has 0 N–H and O–H groups in total. The summed E-state index contributed by atoms with van der Waals surface area (Å²) in [5.41, 5.74) is 2.49. The van der Waals surface area contributed by atoms with E-state index in [0.717, 1.165) is 37.4 Å². The monoisotopic (exact) mass is 316 g/mol. The van der Waals surface area contributed by atoms with Gasteiger partial charge in [0.05, 0.1) is 6.04 Å². The van der Waals surface area contributed by atoms with E-state index in [1.54, 1.807) is 11.8 Å². The van der Waals surface area contributed by atoms with Gasteiger partial charge in [-0.2, -0.15) is 0 Å². The molecular weight excluding hydrogens is 292 g/mol. The molecule has 0 aliphatic carbocycles. The van der Waals surface area contributed by atoms with Gasteiger partial charge in [-0.3, -0.25) is 4.90 Å². The molecule has 1 aromatic carbocycles. The van der Waals surface area contributed by atoms with Gasteiger partial charge in [0.1, 0.15) is 11.5 Å². The maximum absolute atomic E-state index is 5.47. The van der Waals surface area contributed by atoms with E-state index >= 15 is 0 Å². The first-order valence-corrected chi connectivity index (χ1v) is 9.35. The predicted molar refractivity (Wildman–Crippen MR) is 91.1 cm³/mol. The Morgan fingerprint density at radius 2 is 2.14 bits per heavy atom. The van der Waals surface area contributed by atoms with Gasteiger partial charge < -0.3 is 4.52 Å². The van der Waals surface area contributed by atoms with Crippen LogP contribution in [0.4, 0.5) is 0 Å². The largest absolute Gasteiger partial charge is 0.361 e. The fraction of sp³-hybridized carbons (Fsp3) is 0.500. The molecule has 0 spiro atoms. The van der Waals surface area contributed by atoms with Crippen molar-refractivity contribution < 1.29 is 4.52 Å². The van der Waals surface area contributed by atoms with Crippen LogP contribution in [0.15, 0.2) is 39.8 Å². The van der Waals surface area contributed by atoms with Gasteiger partial charge in [0, 0.05) is 23.9 Å². The lowest BCUT2D eigenvalue weighted by molar-refractivity contribution is 0.236. The number of benzene rings is 1. The van der Waals surface area contributed by atoms with E-state index in [9.17, 15) is 0 Å². The van der Waals surface area contributed by atoms with Crippen molar-refractivity contribution >= 4 is 11.8 Å². The summed E-state index contributed by atoms with van der Waals surface area (Å²) in [7, 11) is 0. The molecule has 0 saturated carbocycles. The van der Waals surface area contributed by atoms with Crippen LogP contribution in [0.1, 0.15) is 49.2 Å². The second-order valence-electron chi connectivity index (χ2n) is 5.94. The SMILES string of the molecule is CCCc1cc([C@H]2CCCN2Cc2ccc(SC)cc2)no1. The highest BCUT2D eigenvalue weighted by atomic mass is 32.2. The van der Waals surface area contributed by atoms with Crippen LogP contribution in [-0.2, 0) is 13.0 Å². The van der Waals surface area contributed by atoms with Gasteiger partial charge in [-0.1, -0.05) is 24.2 Å². The van der Waals surface area contributed by atoms with Crippen molar-refractivity contribution in [1.82, 2.24) is 10.1 Å². The second-order valence-corrected chi connectivity index (χ2v) is 6.82. The average molecular weight is 316 g/mol. The topological polar surface area (TPSA) is 29.3 Å². The van der Waals surface area contributed by atoms with Crippen LogP contribution in [0, 0.1) is 0 Å². The van der Waals surface area contributed by atoms with Gasteiger partial charge in [0.15, 0.2) is 0 Å². The molecule has 4 heteroatoms. The van der Waals surface area contributed by atoms with Crippen molar-refractivity contribution in [3.05, 3.63) is 47.3 Å². The van der Waals surface area contributed by atoms with Crippen LogP contribution in [0.3, 0.4) is 0 Å². The minimum Gasteiger partial charge on any atom is -0.361 e. The number of likely N-dealkylation sites (tertiary alicyclic amines) is 1. The third-order valence-corrected chi connectivity index (χ3v) is 5.07. The predicted octanol–water partition coefficient (Wildman–Crippen LogP) is 4.69. The van der Waals surface area contributed by atoms with Gasteiger partial charge in [-0.15, -0.1) is 11.8 Å². The maximum Gasteiger partial charge on any atom is 0.137 e. The van der Waals surface area contributed by atoms with Crippen molar-refractivity contribution in [3.63, 3.8) is 0 Å². The van der Waals surface area contributed by atoms with Crippen LogP contribution >= 0.6 is 11.8 Å². The highest BCUT2D eigenvalue weighted by molar-refractivity contribution is 7.98. The summed E-state index contributed by atoms with van der Waals surface area (Å²) in [6, 6.07) is 11.5. The van der Waals surface area contributed by atoms with E-state index in [1.165, 1.54) is 23.3 Å². The molecule has 1 saturated heterocycles. The molecule has 1 aromatic heterocycles. The van der Waals surface area contributed by atoms with Crippen molar-refractivity contribution in [2.24, 2.45) is 0 Å². The molecular formula is C18H24N2OS. The van der Waals surface area contributed by atoms with Crippen LogP contribution in [0.25, 0.3) is 0 Å². The first-order valence-electron chi connectivity index (χ1n) is 8.12. The van der Waals surface area contributed by atoms with E-state index in [0.29, 0.717) is 6.04 Å². The van der Waals surface area contributed by atoms with E-state index in [1.807, 2.05) is 0 Å². The summed E-state index contributed by atoms with van der Waals surface area (Å²) in [6.07, 6.45) is 6.62. The molecule has 0 radical (unpaired) electrons. The normalized spacial score (nSPS) is 18.9. The van der Waals surface area contributed by atoms with Crippen LogP contribution in [0.2, 0.25) is 0 Å². The van der Waals surface area contributed by atoms with Crippen LogP contribution in [0.5, 0.6) is 0 Å². The number of rotatable bonds is 6. The average Bonchev–Trinajstić information content (AvgIpc) is 3.17. The fourth-order valence-corrected chi connectivity index (χ4v) is 3.57. The van der Waals surface area contributed by atoms with E-state index in [-0.39, 0.29) is 0 Å². The Hall–Kier alpha value is -1.26. The zero-order chi connectivity index (χ0) is 15.4. The molecule has 1 aliphatic heterocycles. The smallest absolute Gasteiger partial charge is 0.137 e. The number of hydrogen-bond acceptors (Lipinski definition) is 4. The Balaban J connectivity index is 1.69. The minimum atomic E-state index is 0.412. The summed E-state index contributed by atoms with van der Waals surface area (Å²) < 4.78 is 5.47. The third kappa shape index (κ3) is 3.55. The standard InChI is InChI=1S/C18H24N2OS/c1-3-5-15-12-17(19-21-15)18-6-4-11-20(18)13-14-7-9-16(22-2)10-8-14/h7-10,12,18H,3-6,11,13H2,1-2H3/t18-/m1/s1. The fourth-order valence-electron chi connectivity index (χ4n) is 3.17. The quantitative estimate of drug-likeness (QED) is 0.723. The van der Waals surface area contributed by atoms with Gasteiger partial charge >= 0.3 is 0 Å². The van der Waals surface area contributed by atoms with E-state index < -0.39 is 0 Å². The Labute approximate surface area is 137 Å². The second kappa shape index (κ2) is 7.34. The molecule has 1 atom stereocenters. The first kappa shape index (κ1) is 15.6. The molecule has 118 valence electrons. The number of aromatic nitrogens is 1. The Morgan fingerprint density at radius 3 is 2.86 bits per heavy atom. The van der Waals surface area contributed by atoms with Crippen LogP contribution in [-0.4, -0.2) is 22.9 Å². The summed E-state index contributed by atoms with van der Waals surface area (Å²) in [5, 5.41) is 4.32. The molecule has 0 bridgehead atoms. The molecule has 0 unspecified atom stereocenters. The summed E-state index contributed by atoms with van der Waals surface area (Å²) in [4.78, 5) is 3.85. The zero-order valence-corrected chi connectivity index (χ0v) is 14.2. The number of hydrogen-bond donors (Lipinski definition) is 0. The third-order valence-electron chi connectivity index (χ3n) is 4.32. The zero-order valence-electron chi connectivity index (χ0n) is 13.4. The Bertz CT molecular complexity index is 593. The Kier molecular flexibility index (Phi) is 5.21. The number of aryl methyl sites for hydroxylation is 1. The summed E-state index contributed by atoms with van der Waals surface area (Å²) in [6.45, 7) is 4.31. The van der Waals surface area contributed by atoms with Gasteiger partial charge in [0.2, 0.25) is 0 Å².